The molecule has 0 unspecified atom stereocenters. The van der Waals surface area contributed by atoms with Crippen molar-refractivity contribution in [3.05, 3.63) is 302 Å². The number of hydrogen-bond acceptors (Lipinski definition) is 22. The molecule has 4 bridgehead atoms. The first kappa shape index (κ1) is 90.2. The predicted octanol–water partition coefficient (Wildman–Crippen LogP) is 13.8. The lowest BCUT2D eigenvalue weighted by Crippen LogP contribution is -2.49. The summed E-state index contributed by atoms with van der Waals surface area (Å²) in [7, 11) is 0. The molecule has 8 aromatic heterocycles. The van der Waals surface area contributed by atoms with Crippen LogP contribution in [0.25, 0.3) is 56.8 Å². The average Bonchev–Trinajstić information content (AvgIpc) is 1.65. The van der Waals surface area contributed by atoms with Crippen molar-refractivity contribution in [3.8, 4) is 39.9 Å². The first-order valence-corrected chi connectivity index (χ1v) is 46.9. The van der Waals surface area contributed by atoms with Crippen molar-refractivity contribution in [2.45, 2.75) is 179 Å². The van der Waals surface area contributed by atoms with Gasteiger partial charge >= 0.3 is 0 Å². The molecule has 31 heteroatoms. The van der Waals surface area contributed by atoms with Gasteiger partial charge in [-0.3, -0.25) is 49.2 Å². The number of anilines is 3. The van der Waals surface area contributed by atoms with Crippen molar-refractivity contribution in [1.82, 2.24) is 94.3 Å². The highest BCUT2D eigenvalue weighted by Gasteiger charge is 2.53. The van der Waals surface area contributed by atoms with Crippen molar-refractivity contribution in [2.24, 2.45) is 17.8 Å². The van der Waals surface area contributed by atoms with E-state index in [1.807, 2.05) is 73.7 Å². The Morgan fingerprint density at radius 3 is 1.18 bits per heavy atom. The van der Waals surface area contributed by atoms with E-state index in [2.05, 4.69) is 155 Å². The summed E-state index contributed by atoms with van der Waals surface area (Å²) in [5.74, 6) is 8.32. The van der Waals surface area contributed by atoms with Gasteiger partial charge in [0.25, 0.3) is 22.2 Å². The van der Waals surface area contributed by atoms with Gasteiger partial charge in [-0.2, -0.15) is 15.0 Å². The number of aliphatic hydroxyl groups is 1. The Hall–Kier alpha value is -13.4. The van der Waals surface area contributed by atoms with Crippen LogP contribution in [0.15, 0.2) is 207 Å². The molecule has 22 rings (SSSR count). The third kappa shape index (κ3) is 21.5. The molecule has 0 radical (unpaired) electrons. The van der Waals surface area contributed by atoms with Gasteiger partial charge in [0, 0.05) is 107 Å². The highest BCUT2D eigenvalue weighted by molar-refractivity contribution is 6.31. The van der Waals surface area contributed by atoms with Crippen LogP contribution in [0.3, 0.4) is 0 Å². The number of aromatic amines is 4. The lowest BCUT2D eigenvalue weighted by Gasteiger charge is -2.55. The van der Waals surface area contributed by atoms with E-state index in [1.165, 1.54) is 104 Å². The largest absolute Gasteiger partial charge is 0.494 e. The summed E-state index contributed by atoms with van der Waals surface area (Å²) < 4.78 is 12.3. The standard InChI is InChI=1S/C27H34N6O.C26H30N6O2.C25H26N6O2.C24H23ClN4O3/c34-24-13-23-30-25(27-14-17-8-18(15-27)10-19(9-17)16-27)31-26(33(23)32-24)29-7-3-6-28-22-11-20-4-1-2-5-21(20)12-22;1-26(2,34)20-10-8-17(9-11-20)24-29-22-16-23(33)31-32(22)25(30-24)28-13-5-12-27-21-14-18-6-3-4-7-19(18)15-21;1-16(32)17-7-9-18(10-8-17)24-28-22-15-23(33)30-31(22)25(29-24)27-12-4-11-26-21-13-19-5-2-3-6-20(19)14-21;1-15-13-19(10-11-20(15)25)32-12-4-3-5-21-26-24(27-22-14-23(31)28-29(21)22)18-8-6-17(7-9-18)16(2)30/h1-2,4-5,13,17-19,22,28H,3,6-12,14-16H2,(H,32,34)(H,29,30,31);3-4,6-11,16,21,27,34H,5,12-15H2,1-2H3,(H,31,33)(H,28,29,30);2-3,5-10,15,21,26H,4,11-14H2,1H3,(H,30,33)(H,27,28,29);6-11,13-14H,3-5,12H2,1-2H3,(H,28,31). The summed E-state index contributed by atoms with van der Waals surface area (Å²) >= 11 is 6.05. The van der Waals surface area contributed by atoms with Crippen LogP contribution in [0.5, 0.6) is 5.75 Å². The van der Waals surface area contributed by atoms with Gasteiger partial charge in [-0.25, -0.2) is 43.0 Å². The van der Waals surface area contributed by atoms with Gasteiger partial charge in [0.2, 0.25) is 17.8 Å². The summed E-state index contributed by atoms with van der Waals surface area (Å²) in [6, 6.07) is 60.9. The molecule has 15 aromatic rings. The molecule has 7 aliphatic carbocycles. The Bertz CT molecular complexity index is 6850. The molecular formula is C102H113ClN22O8. The molecule has 7 aromatic carbocycles. The van der Waals surface area contributed by atoms with Crippen molar-refractivity contribution in [3.63, 3.8) is 0 Å². The minimum Gasteiger partial charge on any atom is -0.494 e. The van der Waals surface area contributed by atoms with Crippen molar-refractivity contribution in [1.29, 1.82) is 0 Å². The number of benzene rings is 7. The summed E-state index contributed by atoms with van der Waals surface area (Å²) in [6.45, 7) is 14.0. The van der Waals surface area contributed by atoms with Crippen LogP contribution in [0.4, 0.5) is 17.8 Å². The van der Waals surface area contributed by atoms with E-state index in [-0.39, 0.29) is 39.2 Å². The molecule has 8 heterocycles. The molecule has 4 fully saturated rings. The van der Waals surface area contributed by atoms with Crippen LogP contribution in [-0.4, -0.2) is 159 Å². The third-order valence-corrected chi connectivity index (χ3v) is 26.9. The molecule has 4 saturated carbocycles. The normalized spacial score (nSPS) is 17.2. The van der Waals surface area contributed by atoms with E-state index in [4.69, 9.17) is 26.3 Å². The zero-order valence-corrected chi connectivity index (χ0v) is 76.3. The number of ether oxygens (including phenoxy) is 1. The molecular weight excluding hydrogens is 1700 g/mol. The highest BCUT2D eigenvalue weighted by Crippen LogP contribution is 2.60. The molecule has 686 valence electrons. The van der Waals surface area contributed by atoms with Crippen molar-refractivity contribution < 1.29 is 19.4 Å². The summed E-state index contributed by atoms with van der Waals surface area (Å²) in [4.78, 5) is 108. The number of aryl methyl sites for hydroxylation is 2. The number of carbonyl (C=O) groups excluding carboxylic acids is 2. The number of aromatic nitrogens is 16. The number of Topliss-reactive ketones (excluding diaryl/α,β-unsaturated/α-hetero) is 2. The Morgan fingerprint density at radius 2 is 0.797 bits per heavy atom. The second kappa shape index (κ2) is 40.0. The zero-order valence-electron chi connectivity index (χ0n) is 75.6. The van der Waals surface area contributed by atoms with Crippen LogP contribution in [0, 0.1) is 24.7 Å². The minimum atomic E-state index is -0.917. The quantitative estimate of drug-likeness (QED) is 0.0142. The number of halogens is 1. The van der Waals surface area contributed by atoms with Gasteiger partial charge in [0.1, 0.15) is 17.4 Å². The first-order chi connectivity index (χ1) is 64.5. The van der Waals surface area contributed by atoms with Gasteiger partial charge in [-0.15, -0.1) is 0 Å². The SMILES string of the molecule is CC(=O)c1ccc(-c2nc(CCCCOc3ccc(Cl)c(C)c3)n3[nH]c(=O)cc3n2)cc1.CC(=O)c1ccc(-c2nc(NCCCNC3Cc4ccccc4C3)n3[nH]c(=O)cc3n2)cc1.CC(C)(O)c1ccc(-c2nc(NCCCNC3Cc4ccccc4C3)n3[nH]c(=O)cc3n2)cc1.O=c1cc2nc(C34CC5CC(CC(C5)C3)C4)nc(NCCCNC3Cc4ccccc4C3)n2[nH]1. The monoisotopic (exact) mass is 1810 g/mol. The third-order valence-electron chi connectivity index (χ3n) is 26.5. The van der Waals surface area contributed by atoms with Crippen molar-refractivity contribution >= 4 is 63.6 Å². The fourth-order valence-corrected chi connectivity index (χ4v) is 20.3. The van der Waals surface area contributed by atoms with E-state index in [9.17, 15) is 33.9 Å². The maximum Gasteiger partial charge on any atom is 0.266 e. The number of H-pyrrole nitrogens is 4. The van der Waals surface area contributed by atoms with E-state index in [0.717, 1.165) is 165 Å². The lowest BCUT2D eigenvalue weighted by molar-refractivity contribution is -0.00930. The maximum atomic E-state index is 12.1. The molecule has 7 aliphatic rings. The van der Waals surface area contributed by atoms with Crippen LogP contribution < -0.4 is 58.9 Å². The van der Waals surface area contributed by atoms with Crippen LogP contribution in [-0.2, 0) is 56.0 Å². The van der Waals surface area contributed by atoms with Crippen molar-refractivity contribution in [2.75, 3.05) is 61.8 Å². The van der Waals surface area contributed by atoms with Gasteiger partial charge in [0.15, 0.2) is 51.6 Å². The Kier molecular flexibility index (Phi) is 27.1. The van der Waals surface area contributed by atoms with Gasteiger partial charge < -0.3 is 41.7 Å². The number of ketones is 2. The molecule has 0 aliphatic heterocycles. The topological polar surface area (TPSA) is 388 Å². The number of fused-ring (bicyclic) bond motifs is 7. The Morgan fingerprint density at radius 1 is 0.436 bits per heavy atom. The number of hydrogen-bond donors (Lipinski definition) is 11. The minimum absolute atomic E-state index is 0.00164. The molecule has 30 nitrogen and oxygen atoms in total. The number of unbranched alkanes of at least 4 members (excludes halogenated alkanes) is 1. The van der Waals surface area contributed by atoms with Crippen LogP contribution in [0.2, 0.25) is 5.02 Å². The second-order valence-corrected chi connectivity index (χ2v) is 37.4. The average molecular weight is 1810 g/mol. The zero-order chi connectivity index (χ0) is 91.9. The Balaban J connectivity index is 0.000000119. The summed E-state index contributed by atoms with van der Waals surface area (Å²) in [6.07, 6.45) is 19.5. The summed E-state index contributed by atoms with van der Waals surface area (Å²) in [5, 5.41) is 43.3. The van der Waals surface area contributed by atoms with Crippen LogP contribution in [0.1, 0.15) is 175 Å². The Labute approximate surface area is 773 Å². The molecule has 133 heavy (non-hydrogen) atoms. The molecule has 0 saturated heterocycles. The number of nitrogens with zero attached hydrogens (tertiary/aromatic N) is 12. The van der Waals surface area contributed by atoms with Gasteiger partial charge in [-0.05, 0) is 244 Å². The van der Waals surface area contributed by atoms with Gasteiger partial charge in [0.05, 0.1) is 12.2 Å². The van der Waals surface area contributed by atoms with E-state index < -0.39 is 5.60 Å². The highest BCUT2D eigenvalue weighted by atomic mass is 35.5. The van der Waals surface area contributed by atoms with Crippen LogP contribution >= 0.6 is 11.6 Å². The first-order valence-electron chi connectivity index (χ1n) is 46.5. The smallest absolute Gasteiger partial charge is 0.266 e. The molecule has 0 spiro atoms. The fraction of sp³-hybridized carbons (Fsp3) is 0.373. The van der Waals surface area contributed by atoms with E-state index in [0.29, 0.717) is 113 Å². The fourth-order valence-electron chi connectivity index (χ4n) is 20.1. The molecule has 11 N–H and O–H groups in total. The number of carbonyl (C=O) groups is 2. The molecule has 0 amide bonds. The lowest BCUT2D eigenvalue weighted by atomic mass is 9.49. The second-order valence-electron chi connectivity index (χ2n) is 37.0. The van der Waals surface area contributed by atoms with Gasteiger partial charge in [-0.1, -0.05) is 157 Å². The maximum absolute atomic E-state index is 12.1. The molecule has 0 atom stereocenters. The number of rotatable bonds is 31. The van der Waals surface area contributed by atoms with E-state index in [1.54, 1.807) is 62.2 Å². The summed E-state index contributed by atoms with van der Waals surface area (Å²) in [5.41, 5.74) is 14.7. The predicted molar refractivity (Wildman–Crippen MR) is 517 cm³/mol. The van der Waals surface area contributed by atoms with E-state index >= 15 is 0 Å². The number of nitrogens with one attached hydrogen (secondary N) is 10.